The lowest BCUT2D eigenvalue weighted by Crippen LogP contribution is -2.27. The molecule has 1 atom stereocenters. The summed E-state index contributed by atoms with van der Waals surface area (Å²) >= 11 is 8.00. The molecule has 1 aromatic heterocycles. The molecular weight excluding hydrogens is 230 g/mol. The van der Waals surface area contributed by atoms with Crippen LogP contribution in [0.4, 0.5) is 0 Å². The number of rotatable bonds is 5. The van der Waals surface area contributed by atoms with E-state index in [0.29, 0.717) is 0 Å². The molecule has 1 unspecified atom stereocenters. The van der Waals surface area contributed by atoms with Crippen LogP contribution in [0.5, 0.6) is 0 Å². The summed E-state index contributed by atoms with van der Waals surface area (Å²) in [5.41, 5.74) is 7.94. The molecule has 0 saturated carbocycles. The Bertz CT molecular complexity index is 325. The first-order valence-electron chi connectivity index (χ1n) is 5.07. The number of aryl methyl sites for hydroxylation is 2. The minimum atomic E-state index is 0.155. The average molecular weight is 248 g/mol. The lowest BCUT2D eigenvalue weighted by molar-refractivity contribution is 0.653. The van der Waals surface area contributed by atoms with Crippen molar-refractivity contribution in [2.24, 2.45) is 12.8 Å². The number of hydrogen-bond acceptors (Lipinski definition) is 3. The topological polar surface area (TPSA) is 43.8 Å². The van der Waals surface area contributed by atoms with Crippen molar-refractivity contribution in [2.75, 3.05) is 11.5 Å². The van der Waals surface area contributed by atoms with E-state index in [0.717, 1.165) is 34.3 Å². The van der Waals surface area contributed by atoms with Gasteiger partial charge in [0.05, 0.1) is 16.4 Å². The third kappa shape index (κ3) is 3.40. The summed E-state index contributed by atoms with van der Waals surface area (Å²) in [7, 11) is 1.91. The first-order chi connectivity index (χ1) is 7.06. The number of nitrogens with zero attached hydrogens (tertiary/aromatic N) is 2. The second-order valence-electron chi connectivity index (χ2n) is 3.59. The van der Waals surface area contributed by atoms with Gasteiger partial charge in [0.2, 0.25) is 0 Å². The van der Waals surface area contributed by atoms with Crippen LogP contribution in [0.2, 0.25) is 5.02 Å². The Balaban J connectivity index is 2.63. The molecule has 0 saturated heterocycles. The second kappa shape index (κ2) is 5.77. The van der Waals surface area contributed by atoms with Crippen molar-refractivity contribution in [1.82, 2.24) is 9.78 Å². The summed E-state index contributed by atoms with van der Waals surface area (Å²) in [6.07, 6.45) is 0.795. The van der Waals surface area contributed by atoms with Gasteiger partial charge in [-0.25, -0.2) is 0 Å². The zero-order valence-corrected chi connectivity index (χ0v) is 11.0. The number of aromatic nitrogens is 2. The van der Waals surface area contributed by atoms with Gasteiger partial charge in [-0.05, 0) is 12.7 Å². The van der Waals surface area contributed by atoms with E-state index < -0.39 is 0 Å². The van der Waals surface area contributed by atoms with Crippen LogP contribution in [0.3, 0.4) is 0 Å². The molecule has 0 fully saturated rings. The van der Waals surface area contributed by atoms with Crippen LogP contribution in [0.25, 0.3) is 0 Å². The van der Waals surface area contributed by atoms with E-state index in [2.05, 4.69) is 12.0 Å². The normalized spacial score (nSPS) is 13.1. The summed E-state index contributed by atoms with van der Waals surface area (Å²) in [6, 6.07) is 0.155. The van der Waals surface area contributed by atoms with E-state index in [1.54, 1.807) is 0 Å². The first kappa shape index (κ1) is 12.9. The Morgan fingerprint density at radius 1 is 1.60 bits per heavy atom. The third-order valence-corrected chi connectivity index (χ3v) is 3.82. The van der Waals surface area contributed by atoms with Crippen molar-refractivity contribution in [3.63, 3.8) is 0 Å². The fourth-order valence-corrected chi connectivity index (χ4v) is 2.37. The second-order valence-corrected chi connectivity index (χ2v) is 5.29. The summed E-state index contributed by atoms with van der Waals surface area (Å²) in [4.78, 5) is 0. The molecule has 0 aliphatic carbocycles. The van der Waals surface area contributed by atoms with Gasteiger partial charge in [-0.15, -0.1) is 0 Å². The van der Waals surface area contributed by atoms with E-state index in [9.17, 15) is 0 Å². The van der Waals surface area contributed by atoms with Gasteiger partial charge >= 0.3 is 0 Å². The van der Waals surface area contributed by atoms with Crippen molar-refractivity contribution in [1.29, 1.82) is 0 Å². The molecule has 0 aliphatic rings. The maximum absolute atomic E-state index is 6.15. The molecule has 15 heavy (non-hydrogen) atoms. The standard InChI is InChI=1S/C10H18ClN3S/c1-4-15-6-8(12)5-9-10(11)7(2)13-14(9)3/h8H,4-6,12H2,1-3H3. The third-order valence-electron chi connectivity index (χ3n) is 2.25. The minimum absolute atomic E-state index is 0.155. The van der Waals surface area contributed by atoms with Crippen LogP contribution in [-0.4, -0.2) is 27.3 Å². The molecule has 0 bridgehead atoms. The first-order valence-corrected chi connectivity index (χ1v) is 6.60. The Hall–Kier alpha value is -0.190. The highest BCUT2D eigenvalue weighted by molar-refractivity contribution is 7.99. The number of thioether (sulfide) groups is 1. The lowest BCUT2D eigenvalue weighted by Gasteiger charge is -2.11. The lowest BCUT2D eigenvalue weighted by atomic mass is 10.2. The van der Waals surface area contributed by atoms with E-state index in [1.165, 1.54) is 0 Å². The fraction of sp³-hybridized carbons (Fsp3) is 0.700. The Kier molecular flexibility index (Phi) is 4.96. The van der Waals surface area contributed by atoms with Gasteiger partial charge in [0.1, 0.15) is 0 Å². The van der Waals surface area contributed by atoms with Gasteiger partial charge < -0.3 is 5.73 Å². The quantitative estimate of drug-likeness (QED) is 0.866. The predicted molar refractivity (Wildman–Crippen MR) is 67.6 cm³/mol. The summed E-state index contributed by atoms with van der Waals surface area (Å²) in [6.45, 7) is 4.05. The molecule has 2 N–H and O–H groups in total. The van der Waals surface area contributed by atoms with Crippen LogP contribution in [0.15, 0.2) is 0 Å². The number of hydrogen-bond donors (Lipinski definition) is 1. The molecule has 0 aliphatic heterocycles. The molecule has 0 spiro atoms. The smallest absolute Gasteiger partial charge is 0.0847 e. The predicted octanol–water partition coefficient (Wildman–Crippen LogP) is 2.00. The highest BCUT2D eigenvalue weighted by Gasteiger charge is 2.14. The maximum Gasteiger partial charge on any atom is 0.0847 e. The number of halogens is 1. The van der Waals surface area contributed by atoms with Gasteiger partial charge in [-0.1, -0.05) is 18.5 Å². The maximum atomic E-state index is 6.15. The molecule has 0 radical (unpaired) electrons. The molecule has 5 heteroatoms. The van der Waals surface area contributed by atoms with Crippen molar-refractivity contribution >= 4 is 23.4 Å². The van der Waals surface area contributed by atoms with E-state index in [-0.39, 0.29) is 6.04 Å². The molecule has 1 heterocycles. The van der Waals surface area contributed by atoms with Gasteiger partial charge in [-0.3, -0.25) is 4.68 Å². The monoisotopic (exact) mass is 247 g/mol. The van der Waals surface area contributed by atoms with Crippen molar-refractivity contribution in [3.8, 4) is 0 Å². The zero-order chi connectivity index (χ0) is 11.4. The van der Waals surface area contributed by atoms with Crippen molar-refractivity contribution in [3.05, 3.63) is 16.4 Å². The van der Waals surface area contributed by atoms with Gasteiger partial charge in [-0.2, -0.15) is 16.9 Å². The van der Waals surface area contributed by atoms with Crippen LogP contribution >= 0.6 is 23.4 Å². The molecule has 0 amide bonds. The molecule has 3 nitrogen and oxygen atoms in total. The van der Waals surface area contributed by atoms with Gasteiger partial charge in [0.25, 0.3) is 0 Å². The number of nitrogens with two attached hydrogens (primary N) is 1. The average Bonchev–Trinajstić information content (AvgIpc) is 2.42. The summed E-state index contributed by atoms with van der Waals surface area (Å²) in [5, 5.41) is 5.03. The molecule has 1 rings (SSSR count). The highest BCUT2D eigenvalue weighted by atomic mass is 35.5. The Morgan fingerprint density at radius 3 is 2.73 bits per heavy atom. The zero-order valence-electron chi connectivity index (χ0n) is 9.46. The Labute approximate surface area is 100 Å². The van der Waals surface area contributed by atoms with Gasteiger partial charge in [0.15, 0.2) is 0 Å². The van der Waals surface area contributed by atoms with E-state index >= 15 is 0 Å². The molecular formula is C10H18ClN3S. The van der Waals surface area contributed by atoms with E-state index in [4.69, 9.17) is 17.3 Å². The largest absolute Gasteiger partial charge is 0.327 e. The highest BCUT2D eigenvalue weighted by Crippen LogP contribution is 2.20. The van der Waals surface area contributed by atoms with Crippen LogP contribution in [0.1, 0.15) is 18.3 Å². The van der Waals surface area contributed by atoms with Crippen LogP contribution < -0.4 is 5.73 Å². The van der Waals surface area contributed by atoms with Gasteiger partial charge in [0, 0.05) is 25.3 Å². The van der Waals surface area contributed by atoms with Crippen molar-refractivity contribution < 1.29 is 0 Å². The summed E-state index contributed by atoms with van der Waals surface area (Å²) < 4.78 is 1.83. The molecule has 86 valence electrons. The Morgan fingerprint density at radius 2 is 2.27 bits per heavy atom. The van der Waals surface area contributed by atoms with Crippen LogP contribution in [-0.2, 0) is 13.5 Å². The summed E-state index contributed by atoms with van der Waals surface area (Å²) in [5.74, 6) is 2.07. The van der Waals surface area contributed by atoms with Crippen molar-refractivity contribution in [2.45, 2.75) is 26.3 Å². The van der Waals surface area contributed by atoms with Crippen LogP contribution in [0, 0.1) is 6.92 Å². The fourth-order valence-electron chi connectivity index (χ4n) is 1.48. The minimum Gasteiger partial charge on any atom is -0.327 e. The molecule has 0 aromatic carbocycles. The SMILES string of the molecule is CCSCC(N)Cc1c(Cl)c(C)nn1C. The molecule has 1 aromatic rings. The van der Waals surface area contributed by atoms with E-state index in [1.807, 2.05) is 30.4 Å².